The second kappa shape index (κ2) is 2.44. The maximum absolute atomic E-state index is 5.21. The first kappa shape index (κ1) is 6.01. The second-order valence-electron chi connectivity index (χ2n) is 2.14. The fraction of sp³-hybridized carbons (Fsp3) is 1.00. The summed E-state index contributed by atoms with van der Waals surface area (Å²) >= 11 is 0. The molecule has 0 aliphatic carbocycles. The van der Waals surface area contributed by atoms with Crippen molar-refractivity contribution in [2.45, 2.75) is 25.5 Å². The Balaban J connectivity index is 2.30. The van der Waals surface area contributed by atoms with Crippen molar-refractivity contribution in [3.63, 3.8) is 0 Å². The lowest BCUT2D eigenvalue weighted by atomic mass is 10.2. The topological polar surface area (TPSA) is 47.3 Å². The molecule has 1 fully saturated rings. The smallest absolute Gasteiger partial charge is 0.0714 e. The Labute approximate surface area is 49.2 Å². The lowest BCUT2D eigenvalue weighted by molar-refractivity contribution is 0.113. The molecule has 2 atom stereocenters. The third-order valence-electron chi connectivity index (χ3n) is 1.59. The summed E-state index contributed by atoms with van der Waals surface area (Å²) in [5.41, 5.74) is 2.69. The predicted octanol–water partition coefficient (Wildman–Crippen LogP) is -0.373. The average Bonchev–Trinajstić information content (AvgIpc) is 2.14. The van der Waals surface area contributed by atoms with Gasteiger partial charge in [0.25, 0.3) is 0 Å². The summed E-state index contributed by atoms with van der Waals surface area (Å²) in [6.45, 7) is 2.87. The summed E-state index contributed by atoms with van der Waals surface area (Å²) < 4.78 is 5.21. The highest BCUT2D eigenvalue weighted by atomic mass is 16.5. The highest BCUT2D eigenvalue weighted by Gasteiger charge is 2.21. The van der Waals surface area contributed by atoms with Gasteiger partial charge in [0.15, 0.2) is 0 Å². The quantitative estimate of drug-likeness (QED) is 0.363. The number of rotatable bonds is 1. The van der Waals surface area contributed by atoms with Crippen molar-refractivity contribution in [3.05, 3.63) is 0 Å². The first-order valence-corrected chi connectivity index (χ1v) is 2.92. The molecular weight excluding hydrogens is 104 g/mol. The van der Waals surface area contributed by atoms with E-state index in [4.69, 9.17) is 10.6 Å². The zero-order valence-electron chi connectivity index (χ0n) is 5.05. The Kier molecular flexibility index (Phi) is 1.83. The van der Waals surface area contributed by atoms with E-state index < -0.39 is 0 Å². The predicted molar refractivity (Wildman–Crippen MR) is 31.1 cm³/mol. The molecule has 1 rings (SSSR count). The summed E-state index contributed by atoms with van der Waals surface area (Å²) in [6.07, 6.45) is 1.33. The van der Waals surface area contributed by atoms with Gasteiger partial charge in [0.05, 0.1) is 6.10 Å². The zero-order chi connectivity index (χ0) is 5.98. The highest BCUT2D eigenvalue weighted by Crippen LogP contribution is 2.10. The van der Waals surface area contributed by atoms with Gasteiger partial charge in [-0.3, -0.25) is 11.3 Å². The molecule has 0 radical (unpaired) electrons. The average molecular weight is 116 g/mol. The van der Waals surface area contributed by atoms with Crippen LogP contribution in [0.5, 0.6) is 0 Å². The van der Waals surface area contributed by atoms with Gasteiger partial charge >= 0.3 is 0 Å². The number of hydrogen-bond acceptors (Lipinski definition) is 3. The Hall–Kier alpha value is -0.120. The van der Waals surface area contributed by atoms with E-state index in [1.165, 1.54) is 0 Å². The van der Waals surface area contributed by atoms with Crippen molar-refractivity contribution in [1.82, 2.24) is 5.43 Å². The van der Waals surface area contributed by atoms with Gasteiger partial charge in [-0.1, -0.05) is 0 Å². The van der Waals surface area contributed by atoms with Crippen molar-refractivity contribution < 1.29 is 4.74 Å². The summed E-state index contributed by atoms with van der Waals surface area (Å²) in [5.74, 6) is 5.19. The SMILES string of the molecule is CC1OCCC1NN. The van der Waals surface area contributed by atoms with Gasteiger partial charge in [-0.25, -0.2) is 0 Å². The highest BCUT2D eigenvalue weighted by molar-refractivity contribution is 4.76. The minimum absolute atomic E-state index is 0.292. The number of nitrogens with one attached hydrogen (secondary N) is 1. The molecule has 1 heterocycles. The third kappa shape index (κ3) is 0.992. The summed E-state index contributed by atoms with van der Waals surface area (Å²) in [5, 5.41) is 0. The van der Waals surface area contributed by atoms with Crippen molar-refractivity contribution in [1.29, 1.82) is 0 Å². The minimum atomic E-state index is 0.292. The fourth-order valence-electron chi connectivity index (χ4n) is 0.951. The normalized spacial score (nSPS) is 38.2. The van der Waals surface area contributed by atoms with Crippen LogP contribution in [0.3, 0.4) is 0 Å². The number of nitrogens with two attached hydrogens (primary N) is 1. The summed E-state index contributed by atoms with van der Waals surface area (Å²) in [7, 11) is 0. The van der Waals surface area contributed by atoms with Gasteiger partial charge in [-0.2, -0.15) is 0 Å². The lowest BCUT2D eigenvalue weighted by Crippen LogP contribution is -2.39. The third-order valence-corrected chi connectivity index (χ3v) is 1.59. The molecule has 8 heavy (non-hydrogen) atoms. The first-order chi connectivity index (χ1) is 3.84. The fourth-order valence-corrected chi connectivity index (χ4v) is 0.951. The molecule has 0 spiro atoms. The van der Waals surface area contributed by atoms with Gasteiger partial charge in [0.1, 0.15) is 0 Å². The molecule has 3 heteroatoms. The van der Waals surface area contributed by atoms with Crippen LogP contribution in [-0.2, 0) is 4.74 Å². The molecular formula is C5H12N2O. The van der Waals surface area contributed by atoms with Crippen LogP contribution in [0.4, 0.5) is 0 Å². The molecule has 48 valence electrons. The molecule has 2 unspecified atom stereocenters. The maximum Gasteiger partial charge on any atom is 0.0714 e. The Bertz CT molecular complexity index is 76.8. The van der Waals surface area contributed by atoms with Crippen LogP contribution < -0.4 is 11.3 Å². The minimum Gasteiger partial charge on any atom is -0.377 e. The van der Waals surface area contributed by atoms with Crippen LogP contribution in [0.2, 0.25) is 0 Å². The van der Waals surface area contributed by atoms with Crippen LogP contribution in [0.1, 0.15) is 13.3 Å². The van der Waals surface area contributed by atoms with E-state index in [9.17, 15) is 0 Å². The Morgan fingerprint density at radius 2 is 2.50 bits per heavy atom. The molecule has 0 aromatic carbocycles. The van der Waals surface area contributed by atoms with Crippen molar-refractivity contribution >= 4 is 0 Å². The number of hydrogen-bond donors (Lipinski definition) is 2. The van der Waals surface area contributed by atoms with Gasteiger partial charge in [-0.05, 0) is 13.3 Å². The summed E-state index contributed by atoms with van der Waals surface area (Å²) in [4.78, 5) is 0. The van der Waals surface area contributed by atoms with E-state index in [0.29, 0.717) is 12.1 Å². The molecule has 0 amide bonds. The summed E-state index contributed by atoms with van der Waals surface area (Å²) in [6, 6.07) is 0.370. The van der Waals surface area contributed by atoms with Crippen LogP contribution in [-0.4, -0.2) is 18.8 Å². The zero-order valence-corrected chi connectivity index (χ0v) is 5.05. The molecule has 0 bridgehead atoms. The number of ether oxygens (including phenoxy) is 1. The van der Waals surface area contributed by atoms with Crippen LogP contribution in [0.15, 0.2) is 0 Å². The number of hydrazine groups is 1. The second-order valence-corrected chi connectivity index (χ2v) is 2.14. The van der Waals surface area contributed by atoms with E-state index >= 15 is 0 Å². The van der Waals surface area contributed by atoms with E-state index in [1.807, 2.05) is 6.92 Å². The molecule has 1 aliphatic heterocycles. The van der Waals surface area contributed by atoms with E-state index in [-0.39, 0.29) is 0 Å². The van der Waals surface area contributed by atoms with Crippen molar-refractivity contribution in [2.75, 3.05) is 6.61 Å². The van der Waals surface area contributed by atoms with Crippen molar-refractivity contribution in [3.8, 4) is 0 Å². The van der Waals surface area contributed by atoms with Gasteiger partial charge < -0.3 is 4.74 Å². The largest absolute Gasteiger partial charge is 0.377 e. The van der Waals surface area contributed by atoms with Gasteiger partial charge in [0.2, 0.25) is 0 Å². The molecule has 3 N–H and O–H groups in total. The van der Waals surface area contributed by atoms with Gasteiger partial charge in [-0.15, -0.1) is 0 Å². The molecule has 0 aromatic heterocycles. The van der Waals surface area contributed by atoms with E-state index in [2.05, 4.69) is 5.43 Å². The molecule has 3 nitrogen and oxygen atoms in total. The van der Waals surface area contributed by atoms with Crippen LogP contribution >= 0.6 is 0 Å². The Morgan fingerprint density at radius 3 is 2.75 bits per heavy atom. The molecule has 0 saturated carbocycles. The monoisotopic (exact) mass is 116 g/mol. The van der Waals surface area contributed by atoms with Gasteiger partial charge in [0, 0.05) is 12.6 Å². The molecule has 1 saturated heterocycles. The lowest BCUT2D eigenvalue weighted by Gasteiger charge is -2.10. The van der Waals surface area contributed by atoms with Crippen LogP contribution in [0.25, 0.3) is 0 Å². The Morgan fingerprint density at radius 1 is 1.75 bits per heavy atom. The maximum atomic E-state index is 5.21. The standard InChI is InChI=1S/C5H12N2O/c1-4-5(7-6)2-3-8-4/h4-5,7H,2-3,6H2,1H3. The van der Waals surface area contributed by atoms with E-state index in [0.717, 1.165) is 13.0 Å². The molecule has 1 aliphatic rings. The first-order valence-electron chi connectivity index (χ1n) is 2.92. The molecule has 0 aromatic rings. The van der Waals surface area contributed by atoms with Crippen LogP contribution in [0, 0.1) is 0 Å². The van der Waals surface area contributed by atoms with E-state index in [1.54, 1.807) is 0 Å². The van der Waals surface area contributed by atoms with Crippen molar-refractivity contribution in [2.24, 2.45) is 5.84 Å².